The van der Waals surface area contributed by atoms with Crippen LogP contribution in [0.25, 0.3) is 10.9 Å². The van der Waals surface area contributed by atoms with E-state index in [1.807, 2.05) is 6.07 Å². The van der Waals surface area contributed by atoms with Crippen LogP contribution in [-0.2, 0) is 9.53 Å². The second-order valence-corrected chi connectivity index (χ2v) is 7.97. The van der Waals surface area contributed by atoms with Crippen LogP contribution in [0.5, 0.6) is 23.0 Å². The first-order valence-electron chi connectivity index (χ1n) is 12.0. The Morgan fingerprint density at radius 1 is 1.00 bits per heavy atom. The van der Waals surface area contributed by atoms with Crippen LogP contribution in [0.1, 0.15) is 12.5 Å². The van der Waals surface area contributed by atoms with Gasteiger partial charge < -0.3 is 29.6 Å². The summed E-state index contributed by atoms with van der Waals surface area (Å²) >= 11 is 0. The first-order chi connectivity index (χ1) is 19.4. The Balaban J connectivity index is 1.44. The van der Waals surface area contributed by atoms with Gasteiger partial charge in [-0.1, -0.05) is 0 Å². The SMILES string of the molecule is CCO/C(=C/Nc1ccc(C#N)cn1)C(=N)C(=O)Nc1ccc(Oc2ccnc3cc(OC)c(OC)cc23)cn1. The molecule has 202 valence electrons. The lowest BCUT2D eigenvalue weighted by molar-refractivity contribution is -0.110. The molecule has 0 aliphatic heterocycles. The van der Waals surface area contributed by atoms with Gasteiger partial charge in [0.2, 0.25) is 0 Å². The molecule has 40 heavy (non-hydrogen) atoms. The molecule has 0 saturated heterocycles. The molecule has 3 N–H and O–H groups in total. The van der Waals surface area contributed by atoms with Gasteiger partial charge in [0.05, 0.1) is 38.1 Å². The van der Waals surface area contributed by atoms with E-state index in [0.717, 1.165) is 0 Å². The predicted octanol–water partition coefficient (Wildman–Crippen LogP) is 4.65. The average molecular weight is 540 g/mol. The number of amides is 1. The number of carbonyl (C=O) groups is 1. The molecule has 0 fully saturated rings. The summed E-state index contributed by atoms with van der Waals surface area (Å²) in [6.07, 6.45) is 5.82. The van der Waals surface area contributed by atoms with E-state index in [4.69, 9.17) is 29.6 Å². The fraction of sp³-hybridized carbons (Fsp3) is 0.143. The van der Waals surface area contributed by atoms with Crippen LogP contribution in [0.4, 0.5) is 11.6 Å². The third-order valence-electron chi connectivity index (χ3n) is 5.43. The number of ether oxygens (including phenoxy) is 4. The second-order valence-electron chi connectivity index (χ2n) is 7.97. The molecule has 0 bridgehead atoms. The van der Waals surface area contributed by atoms with Crippen molar-refractivity contribution < 1.29 is 23.7 Å². The van der Waals surface area contributed by atoms with Gasteiger partial charge in [0.25, 0.3) is 5.91 Å². The zero-order chi connectivity index (χ0) is 28.5. The van der Waals surface area contributed by atoms with Gasteiger partial charge in [-0.25, -0.2) is 9.97 Å². The van der Waals surface area contributed by atoms with Crippen LogP contribution in [0.2, 0.25) is 0 Å². The highest BCUT2D eigenvalue weighted by atomic mass is 16.5. The summed E-state index contributed by atoms with van der Waals surface area (Å²) in [5.41, 5.74) is 0.650. The van der Waals surface area contributed by atoms with E-state index < -0.39 is 11.6 Å². The number of methoxy groups -OCH3 is 2. The smallest absolute Gasteiger partial charge is 0.278 e. The van der Waals surface area contributed by atoms with Gasteiger partial charge in [-0.15, -0.1) is 0 Å². The topological polar surface area (TPSA) is 164 Å². The second kappa shape index (κ2) is 12.7. The lowest BCUT2D eigenvalue weighted by Crippen LogP contribution is -2.25. The summed E-state index contributed by atoms with van der Waals surface area (Å²) in [7, 11) is 3.10. The van der Waals surface area contributed by atoms with Crippen molar-refractivity contribution in [2.24, 2.45) is 0 Å². The van der Waals surface area contributed by atoms with Crippen molar-refractivity contribution in [1.29, 1.82) is 10.7 Å². The van der Waals surface area contributed by atoms with E-state index in [9.17, 15) is 4.79 Å². The minimum Gasteiger partial charge on any atom is -0.493 e. The van der Waals surface area contributed by atoms with E-state index in [2.05, 4.69) is 25.6 Å². The summed E-state index contributed by atoms with van der Waals surface area (Å²) in [4.78, 5) is 25.4. The number of fused-ring (bicyclic) bond motifs is 1. The number of nitrogens with zero attached hydrogens (tertiary/aromatic N) is 4. The van der Waals surface area contributed by atoms with Crippen LogP contribution >= 0.6 is 0 Å². The van der Waals surface area contributed by atoms with Crippen molar-refractivity contribution in [2.75, 3.05) is 31.5 Å². The van der Waals surface area contributed by atoms with Crippen molar-refractivity contribution in [3.8, 4) is 29.1 Å². The number of rotatable bonds is 11. The number of nitrogens with one attached hydrogen (secondary N) is 3. The number of anilines is 2. The molecule has 3 aromatic heterocycles. The Labute approximate surface area is 229 Å². The number of nitriles is 1. The molecule has 0 atom stereocenters. The van der Waals surface area contributed by atoms with Crippen molar-refractivity contribution in [2.45, 2.75) is 6.92 Å². The Bertz CT molecular complexity index is 1600. The first-order valence-corrected chi connectivity index (χ1v) is 12.0. The van der Waals surface area contributed by atoms with Crippen molar-refractivity contribution in [1.82, 2.24) is 15.0 Å². The molecule has 0 spiro atoms. The minimum absolute atomic E-state index is 0.00253. The molecule has 3 heterocycles. The number of hydrogen-bond acceptors (Lipinski definition) is 11. The fourth-order valence-electron chi connectivity index (χ4n) is 3.50. The van der Waals surface area contributed by atoms with E-state index in [0.29, 0.717) is 45.3 Å². The van der Waals surface area contributed by atoms with Gasteiger partial charge in [0.15, 0.2) is 23.0 Å². The maximum Gasteiger partial charge on any atom is 0.278 e. The molecule has 0 aliphatic rings. The van der Waals surface area contributed by atoms with Crippen LogP contribution in [0.3, 0.4) is 0 Å². The Morgan fingerprint density at radius 3 is 2.40 bits per heavy atom. The first kappa shape index (κ1) is 27.3. The van der Waals surface area contributed by atoms with E-state index in [-0.39, 0.29) is 18.2 Å². The number of carbonyl (C=O) groups excluding carboxylic acids is 1. The normalized spacial score (nSPS) is 10.8. The van der Waals surface area contributed by atoms with Crippen LogP contribution < -0.4 is 24.8 Å². The summed E-state index contributed by atoms with van der Waals surface area (Å²) in [6, 6.07) is 13.6. The van der Waals surface area contributed by atoms with Gasteiger partial charge in [-0.2, -0.15) is 5.26 Å². The highest BCUT2D eigenvalue weighted by Gasteiger charge is 2.17. The van der Waals surface area contributed by atoms with Crippen LogP contribution in [-0.4, -0.2) is 47.4 Å². The number of hydrogen-bond donors (Lipinski definition) is 3. The molecular weight excluding hydrogens is 514 g/mol. The van der Waals surface area contributed by atoms with Crippen molar-refractivity contribution in [3.63, 3.8) is 0 Å². The van der Waals surface area contributed by atoms with Crippen molar-refractivity contribution >= 4 is 34.2 Å². The number of aromatic nitrogens is 3. The molecule has 0 radical (unpaired) electrons. The largest absolute Gasteiger partial charge is 0.493 e. The van der Waals surface area contributed by atoms with Crippen LogP contribution in [0, 0.1) is 16.7 Å². The number of pyridine rings is 3. The quantitative estimate of drug-likeness (QED) is 0.180. The third kappa shape index (κ3) is 6.40. The maximum absolute atomic E-state index is 12.7. The van der Waals surface area contributed by atoms with Gasteiger partial charge in [0.1, 0.15) is 29.2 Å². The third-order valence-corrected chi connectivity index (χ3v) is 5.43. The maximum atomic E-state index is 12.7. The molecular formula is C28H25N7O5. The summed E-state index contributed by atoms with van der Waals surface area (Å²) in [6.45, 7) is 1.97. The summed E-state index contributed by atoms with van der Waals surface area (Å²) in [5, 5.41) is 23.3. The molecule has 4 rings (SSSR count). The minimum atomic E-state index is -0.725. The lowest BCUT2D eigenvalue weighted by atomic mass is 10.2. The lowest BCUT2D eigenvalue weighted by Gasteiger charge is -2.13. The van der Waals surface area contributed by atoms with Gasteiger partial charge in [0, 0.05) is 30.0 Å². The standard InChI is InChI=1S/C28H25N7O5/c1-4-39-24(16-34-25-7-5-17(13-29)14-32-25)27(30)28(36)35-26-8-6-18(15-33-26)40-21-9-10-31-20-12-23(38-3)22(37-2)11-19(20)21/h5-12,14-16,30H,4H2,1-3H3,(H,32,34)(H,33,35,36)/b24-16+,30-27?. The highest BCUT2D eigenvalue weighted by Crippen LogP contribution is 2.36. The van der Waals surface area contributed by atoms with Crippen LogP contribution in [0.15, 0.2) is 73.0 Å². The van der Waals surface area contributed by atoms with E-state index >= 15 is 0 Å². The Kier molecular flexibility index (Phi) is 8.68. The summed E-state index contributed by atoms with van der Waals surface area (Å²) in [5.74, 6) is 1.95. The van der Waals surface area contributed by atoms with Gasteiger partial charge >= 0.3 is 0 Å². The highest BCUT2D eigenvalue weighted by molar-refractivity contribution is 6.47. The van der Waals surface area contributed by atoms with E-state index in [1.54, 1.807) is 69.8 Å². The van der Waals surface area contributed by atoms with Gasteiger partial charge in [-0.3, -0.25) is 15.2 Å². The monoisotopic (exact) mass is 539 g/mol. The molecule has 0 unspecified atom stereocenters. The molecule has 12 heteroatoms. The molecule has 0 aliphatic carbocycles. The zero-order valence-corrected chi connectivity index (χ0v) is 21.9. The molecule has 4 aromatic rings. The average Bonchev–Trinajstić information content (AvgIpc) is 2.99. The molecule has 0 saturated carbocycles. The zero-order valence-electron chi connectivity index (χ0n) is 21.9. The van der Waals surface area contributed by atoms with E-state index in [1.165, 1.54) is 18.6 Å². The summed E-state index contributed by atoms with van der Waals surface area (Å²) < 4.78 is 22.2. The number of benzene rings is 1. The molecule has 1 aromatic carbocycles. The van der Waals surface area contributed by atoms with Gasteiger partial charge in [-0.05, 0) is 43.3 Å². The molecule has 12 nitrogen and oxygen atoms in total. The Hall–Kier alpha value is -5.70. The Morgan fingerprint density at radius 2 is 1.75 bits per heavy atom. The molecule has 1 amide bonds. The fourth-order valence-corrected chi connectivity index (χ4v) is 3.50. The predicted molar refractivity (Wildman–Crippen MR) is 148 cm³/mol. The van der Waals surface area contributed by atoms with Crippen molar-refractivity contribution in [3.05, 3.63) is 78.6 Å².